The van der Waals surface area contributed by atoms with Crippen molar-refractivity contribution in [2.24, 2.45) is 0 Å². The zero-order valence-corrected chi connectivity index (χ0v) is 15.1. The molecule has 1 aliphatic rings. The van der Waals surface area contributed by atoms with Gasteiger partial charge in [0, 0.05) is 18.1 Å². The normalized spacial score (nSPS) is 17.9. The van der Waals surface area contributed by atoms with Gasteiger partial charge in [0.05, 0.1) is 5.52 Å². The number of pyridine rings is 1. The summed E-state index contributed by atoms with van der Waals surface area (Å²) < 4.78 is 0. The predicted octanol–water partition coefficient (Wildman–Crippen LogP) is 5.25. The van der Waals surface area contributed by atoms with Crippen molar-refractivity contribution in [1.82, 2.24) is 9.88 Å². The monoisotopic (exact) mass is 320 g/mol. The molecule has 1 aromatic carbocycles. The molecular weight excluding hydrogens is 292 g/mol. The molecule has 1 aliphatic heterocycles. The fourth-order valence-electron chi connectivity index (χ4n) is 3.65. The summed E-state index contributed by atoms with van der Waals surface area (Å²) >= 11 is 0. The van der Waals surface area contributed by atoms with Crippen LogP contribution in [0.25, 0.3) is 10.9 Å². The minimum atomic E-state index is 0.682. The van der Waals surface area contributed by atoms with E-state index in [0.29, 0.717) is 5.92 Å². The first-order chi connectivity index (χ1) is 11.7. The second-order valence-electron chi connectivity index (χ2n) is 6.88. The highest BCUT2D eigenvalue weighted by molar-refractivity contribution is 5.79. The minimum Gasteiger partial charge on any atom is -0.299 e. The average molecular weight is 320 g/mol. The molecule has 0 saturated carbocycles. The van der Waals surface area contributed by atoms with Crippen LogP contribution in [0.1, 0.15) is 43.7 Å². The number of hydrogen-bond acceptors (Lipinski definition) is 2. The largest absolute Gasteiger partial charge is 0.299 e. The Bertz CT molecular complexity index is 750. The molecule has 24 heavy (non-hydrogen) atoms. The van der Waals surface area contributed by atoms with Gasteiger partial charge in [0.25, 0.3) is 0 Å². The third-order valence-electron chi connectivity index (χ3n) is 5.06. The standard InChI is InChI=1S/C22H28N2/c1-4-6-18(5-2)16-24-11-9-19(10-12-24)20-7-8-22-21(14-20)13-17(3)15-23-22/h4-8,13-15,19H,9-12,16H2,1-3H3/b6-4-,18-5+. The molecule has 1 fully saturated rings. The van der Waals surface area contributed by atoms with Crippen LogP contribution in [-0.2, 0) is 0 Å². The van der Waals surface area contributed by atoms with E-state index in [1.807, 2.05) is 6.20 Å². The van der Waals surface area contributed by atoms with E-state index in [1.165, 1.54) is 48.0 Å². The highest BCUT2D eigenvalue weighted by atomic mass is 15.1. The minimum absolute atomic E-state index is 0.682. The molecule has 1 aromatic heterocycles. The van der Waals surface area contributed by atoms with Crippen LogP contribution in [0.4, 0.5) is 0 Å². The Morgan fingerprint density at radius 3 is 2.71 bits per heavy atom. The van der Waals surface area contributed by atoms with E-state index in [1.54, 1.807) is 0 Å². The molecule has 1 saturated heterocycles. The van der Waals surface area contributed by atoms with Crippen molar-refractivity contribution in [2.75, 3.05) is 19.6 Å². The number of likely N-dealkylation sites (tertiary alicyclic amines) is 1. The summed E-state index contributed by atoms with van der Waals surface area (Å²) in [5, 5.41) is 1.28. The van der Waals surface area contributed by atoms with Crippen molar-refractivity contribution < 1.29 is 0 Å². The average Bonchev–Trinajstić information content (AvgIpc) is 2.61. The van der Waals surface area contributed by atoms with Gasteiger partial charge in [-0.3, -0.25) is 9.88 Å². The van der Waals surface area contributed by atoms with Crippen molar-refractivity contribution in [3.8, 4) is 0 Å². The van der Waals surface area contributed by atoms with E-state index < -0.39 is 0 Å². The summed E-state index contributed by atoms with van der Waals surface area (Å²) in [6, 6.07) is 9.06. The van der Waals surface area contributed by atoms with Gasteiger partial charge in [-0.2, -0.15) is 0 Å². The van der Waals surface area contributed by atoms with Gasteiger partial charge in [0.15, 0.2) is 0 Å². The van der Waals surface area contributed by atoms with Gasteiger partial charge in [0.1, 0.15) is 0 Å². The lowest BCUT2D eigenvalue weighted by Crippen LogP contribution is -2.34. The van der Waals surface area contributed by atoms with Crippen LogP contribution < -0.4 is 0 Å². The van der Waals surface area contributed by atoms with Crippen molar-refractivity contribution in [3.63, 3.8) is 0 Å². The molecule has 0 bridgehead atoms. The van der Waals surface area contributed by atoms with Crippen LogP contribution in [0.3, 0.4) is 0 Å². The molecule has 0 radical (unpaired) electrons. The van der Waals surface area contributed by atoms with Crippen molar-refractivity contribution in [1.29, 1.82) is 0 Å². The van der Waals surface area contributed by atoms with Crippen molar-refractivity contribution in [3.05, 3.63) is 65.4 Å². The van der Waals surface area contributed by atoms with E-state index in [0.717, 1.165) is 12.1 Å². The van der Waals surface area contributed by atoms with Gasteiger partial charge in [-0.1, -0.05) is 24.3 Å². The molecule has 0 amide bonds. The quantitative estimate of drug-likeness (QED) is 0.716. The summed E-state index contributed by atoms with van der Waals surface area (Å²) in [6.07, 6.45) is 11.0. The van der Waals surface area contributed by atoms with E-state index in [4.69, 9.17) is 0 Å². The van der Waals surface area contributed by atoms with Gasteiger partial charge in [-0.05, 0) is 87.5 Å². The summed E-state index contributed by atoms with van der Waals surface area (Å²) in [5.74, 6) is 0.682. The first kappa shape index (κ1) is 16.9. The smallest absolute Gasteiger partial charge is 0.0702 e. The molecule has 2 aromatic rings. The number of rotatable bonds is 4. The molecule has 2 heterocycles. The molecule has 2 heteroatoms. The number of fused-ring (bicyclic) bond motifs is 1. The second kappa shape index (κ2) is 7.76. The van der Waals surface area contributed by atoms with E-state index in [-0.39, 0.29) is 0 Å². The van der Waals surface area contributed by atoms with Gasteiger partial charge < -0.3 is 0 Å². The topological polar surface area (TPSA) is 16.1 Å². The first-order valence-corrected chi connectivity index (χ1v) is 9.06. The molecule has 126 valence electrons. The number of aromatic nitrogens is 1. The van der Waals surface area contributed by atoms with Crippen molar-refractivity contribution >= 4 is 10.9 Å². The lowest BCUT2D eigenvalue weighted by atomic mass is 9.88. The maximum absolute atomic E-state index is 4.52. The summed E-state index contributed by atoms with van der Waals surface area (Å²) in [5.41, 5.74) is 5.24. The van der Waals surface area contributed by atoms with Crippen LogP contribution >= 0.6 is 0 Å². The maximum Gasteiger partial charge on any atom is 0.0702 e. The Labute approximate surface area is 145 Å². The number of piperidine rings is 1. The summed E-state index contributed by atoms with van der Waals surface area (Å²) in [4.78, 5) is 7.10. The summed E-state index contributed by atoms with van der Waals surface area (Å²) in [7, 11) is 0. The molecular formula is C22H28N2. The van der Waals surface area contributed by atoms with Gasteiger partial charge >= 0.3 is 0 Å². The predicted molar refractivity (Wildman–Crippen MR) is 103 cm³/mol. The van der Waals surface area contributed by atoms with Crippen LogP contribution in [0.5, 0.6) is 0 Å². The highest BCUT2D eigenvalue weighted by Gasteiger charge is 2.21. The number of benzene rings is 1. The SMILES string of the molecule is C/C=C\C(=C/C)CN1CCC(c2ccc3ncc(C)cc3c2)CC1. The van der Waals surface area contributed by atoms with Gasteiger partial charge in [-0.15, -0.1) is 0 Å². The Hall–Kier alpha value is -1.93. The molecule has 3 rings (SSSR count). The molecule has 0 atom stereocenters. The van der Waals surface area contributed by atoms with Crippen LogP contribution in [0.2, 0.25) is 0 Å². The van der Waals surface area contributed by atoms with E-state index in [9.17, 15) is 0 Å². The fourth-order valence-corrected chi connectivity index (χ4v) is 3.65. The number of aryl methyl sites for hydroxylation is 1. The van der Waals surface area contributed by atoms with Crippen molar-refractivity contribution in [2.45, 2.75) is 39.5 Å². The van der Waals surface area contributed by atoms with Crippen LogP contribution in [0, 0.1) is 6.92 Å². The Morgan fingerprint density at radius 1 is 1.21 bits per heavy atom. The van der Waals surface area contributed by atoms with E-state index >= 15 is 0 Å². The molecule has 0 N–H and O–H groups in total. The molecule has 0 aliphatic carbocycles. The van der Waals surface area contributed by atoms with Gasteiger partial charge in [0.2, 0.25) is 0 Å². The lowest BCUT2D eigenvalue weighted by Gasteiger charge is -2.32. The molecule has 2 nitrogen and oxygen atoms in total. The molecule has 0 spiro atoms. The first-order valence-electron chi connectivity index (χ1n) is 9.06. The third-order valence-corrected chi connectivity index (χ3v) is 5.06. The third kappa shape index (κ3) is 3.93. The second-order valence-corrected chi connectivity index (χ2v) is 6.88. The lowest BCUT2D eigenvalue weighted by molar-refractivity contribution is 0.229. The van der Waals surface area contributed by atoms with E-state index in [2.05, 4.69) is 73.1 Å². The number of hydrogen-bond donors (Lipinski definition) is 0. The van der Waals surface area contributed by atoms with Crippen LogP contribution in [0.15, 0.2) is 54.3 Å². The number of nitrogens with zero attached hydrogens (tertiary/aromatic N) is 2. The van der Waals surface area contributed by atoms with Crippen LogP contribution in [-0.4, -0.2) is 29.5 Å². The fraction of sp³-hybridized carbons (Fsp3) is 0.409. The molecule has 0 unspecified atom stereocenters. The Balaban J connectivity index is 1.66. The number of allylic oxidation sites excluding steroid dienone is 2. The zero-order valence-electron chi connectivity index (χ0n) is 15.1. The zero-order chi connectivity index (χ0) is 16.9. The Morgan fingerprint density at radius 2 is 2.00 bits per heavy atom. The Kier molecular flexibility index (Phi) is 5.47. The summed E-state index contributed by atoms with van der Waals surface area (Å²) in [6.45, 7) is 9.78. The maximum atomic E-state index is 4.52. The highest BCUT2D eigenvalue weighted by Crippen LogP contribution is 2.30. The van der Waals surface area contributed by atoms with Gasteiger partial charge in [-0.25, -0.2) is 0 Å².